The fourth-order valence-corrected chi connectivity index (χ4v) is 3.08. The number of carboxylic acid groups (broad SMARTS) is 1. The fraction of sp³-hybridized carbons (Fsp3) is 0.100. The van der Waals surface area contributed by atoms with Crippen LogP contribution in [0.25, 0.3) is 0 Å². The van der Waals surface area contributed by atoms with Crippen LogP contribution >= 0.6 is 31.9 Å². The molecule has 1 aromatic rings. The second kappa shape index (κ2) is 4.23. The van der Waals surface area contributed by atoms with E-state index in [0.717, 1.165) is 4.90 Å². The zero-order valence-electron chi connectivity index (χ0n) is 8.24. The Hall–Kier alpha value is -1.21. The second-order valence-electron chi connectivity index (χ2n) is 3.40. The van der Waals surface area contributed by atoms with Crippen LogP contribution in [0.3, 0.4) is 0 Å². The smallest absolute Gasteiger partial charge is 0.323 e. The zero-order valence-corrected chi connectivity index (χ0v) is 11.4. The van der Waals surface area contributed by atoms with Crippen LogP contribution in [0, 0.1) is 0 Å². The van der Waals surface area contributed by atoms with Crippen molar-refractivity contribution in [2.24, 2.45) is 0 Å². The van der Waals surface area contributed by atoms with Crippen molar-refractivity contribution in [2.45, 2.75) is 0 Å². The minimum Gasteiger partial charge on any atom is -0.480 e. The summed E-state index contributed by atoms with van der Waals surface area (Å²) >= 11 is 6.42. The molecule has 0 aromatic heterocycles. The summed E-state index contributed by atoms with van der Waals surface area (Å²) in [6.07, 6.45) is 0. The number of Topliss-reactive ketones (excluding diaryl/α,β-unsaturated/α-hetero) is 1. The molecular weight excluding hydrogens is 358 g/mol. The molecule has 1 amide bonds. The minimum atomic E-state index is -1.17. The number of hydrogen-bond donors (Lipinski definition) is 1. The number of ketones is 1. The Morgan fingerprint density at radius 3 is 2.53 bits per heavy atom. The number of amides is 1. The number of anilines is 1. The molecule has 0 atom stereocenters. The van der Waals surface area contributed by atoms with Gasteiger partial charge in [0.15, 0.2) is 0 Å². The molecule has 1 aromatic carbocycles. The van der Waals surface area contributed by atoms with Crippen LogP contribution in [0.15, 0.2) is 21.1 Å². The first-order chi connectivity index (χ1) is 7.91. The van der Waals surface area contributed by atoms with Crippen molar-refractivity contribution in [3.05, 3.63) is 26.6 Å². The number of carbonyl (C=O) groups is 3. The van der Waals surface area contributed by atoms with Crippen molar-refractivity contribution in [3.8, 4) is 0 Å². The molecule has 17 heavy (non-hydrogen) atoms. The van der Waals surface area contributed by atoms with E-state index in [1.54, 1.807) is 6.07 Å². The molecule has 1 heterocycles. The number of carbonyl (C=O) groups excluding carboxylic acids is 2. The molecule has 5 nitrogen and oxygen atoms in total. The first-order valence-corrected chi connectivity index (χ1v) is 6.07. The number of benzene rings is 1. The summed E-state index contributed by atoms with van der Waals surface area (Å²) in [6.45, 7) is -0.530. The number of aliphatic carboxylic acids is 1. The highest BCUT2D eigenvalue weighted by molar-refractivity contribution is 9.11. The average molecular weight is 363 g/mol. The predicted molar refractivity (Wildman–Crippen MR) is 66.2 cm³/mol. The molecule has 0 bridgehead atoms. The zero-order chi connectivity index (χ0) is 12.7. The van der Waals surface area contributed by atoms with Gasteiger partial charge in [0, 0.05) is 8.95 Å². The third kappa shape index (κ3) is 2.00. The topological polar surface area (TPSA) is 74.7 Å². The molecular formula is C10H5Br2NO4. The number of fused-ring (bicyclic) bond motifs is 1. The molecule has 0 fully saturated rings. The number of rotatable bonds is 2. The Bertz CT molecular complexity index is 555. The summed E-state index contributed by atoms with van der Waals surface area (Å²) in [5, 5.41) is 8.72. The number of carboxylic acids is 1. The monoisotopic (exact) mass is 361 g/mol. The third-order valence-corrected chi connectivity index (χ3v) is 3.34. The molecule has 0 saturated carbocycles. The maximum atomic E-state index is 11.7. The molecule has 1 aliphatic heterocycles. The highest BCUT2D eigenvalue weighted by Gasteiger charge is 2.38. The van der Waals surface area contributed by atoms with Crippen LogP contribution in [0.4, 0.5) is 5.69 Å². The van der Waals surface area contributed by atoms with Crippen molar-refractivity contribution < 1.29 is 19.5 Å². The second-order valence-corrected chi connectivity index (χ2v) is 5.17. The minimum absolute atomic E-state index is 0.206. The van der Waals surface area contributed by atoms with Crippen molar-refractivity contribution in [2.75, 3.05) is 11.4 Å². The summed E-state index contributed by atoms with van der Waals surface area (Å²) < 4.78 is 1.14. The van der Waals surface area contributed by atoms with E-state index in [1.807, 2.05) is 0 Å². The summed E-state index contributed by atoms with van der Waals surface area (Å²) in [5.74, 6) is -2.68. The van der Waals surface area contributed by atoms with Crippen molar-refractivity contribution >= 4 is 55.2 Å². The van der Waals surface area contributed by atoms with E-state index >= 15 is 0 Å². The number of hydrogen-bond acceptors (Lipinski definition) is 3. The van der Waals surface area contributed by atoms with Crippen molar-refractivity contribution in [1.82, 2.24) is 0 Å². The van der Waals surface area contributed by atoms with Crippen LogP contribution in [-0.2, 0) is 9.59 Å². The lowest BCUT2D eigenvalue weighted by atomic mass is 10.1. The highest BCUT2D eigenvalue weighted by Crippen LogP contribution is 2.38. The van der Waals surface area contributed by atoms with Crippen molar-refractivity contribution in [1.29, 1.82) is 0 Å². The van der Waals surface area contributed by atoms with E-state index in [1.165, 1.54) is 6.07 Å². The standard InChI is InChI=1S/C10H5Br2NO4/c11-4-1-5-8(6(12)2-4)13(3-7(14)15)10(17)9(5)16/h1-2H,3H2,(H,14,15). The van der Waals surface area contributed by atoms with Crippen LogP contribution < -0.4 is 4.90 Å². The van der Waals surface area contributed by atoms with Crippen molar-refractivity contribution in [3.63, 3.8) is 0 Å². The molecule has 0 saturated heterocycles. The van der Waals surface area contributed by atoms with Gasteiger partial charge in [-0.15, -0.1) is 0 Å². The van der Waals surface area contributed by atoms with E-state index in [9.17, 15) is 14.4 Å². The van der Waals surface area contributed by atoms with Gasteiger partial charge >= 0.3 is 5.97 Å². The SMILES string of the molecule is O=C(O)CN1C(=O)C(=O)c2cc(Br)cc(Br)c21. The van der Waals surface area contributed by atoms with Gasteiger partial charge in [0.25, 0.3) is 11.7 Å². The number of halogens is 2. The van der Waals surface area contributed by atoms with Gasteiger partial charge < -0.3 is 5.11 Å². The summed E-state index contributed by atoms with van der Waals surface area (Å²) in [5.41, 5.74) is 0.517. The molecule has 2 rings (SSSR count). The van der Waals surface area contributed by atoms with E-state index in [2.05, 4.69) is 31.9 Å². The Morgan fingerprint density at radius 1 is 1.29 bits per heavy atom. The van der Waals surface area contributed by atoms with Gasteiger partial charge in [-0.3, -0.25) is 19.3 Å². The van der Waals surface area contributed by atoms with Crippen LogP contribution in [0.5, 0.6) is 0 Å². The molecule has 0 spiro atoms. The molecule has 1 N–H and O–H groups in total. The Kier molecular flexibility index (Phi) is 3.05. The molecule has 7 heteroatoms. The van der Waals surface area contributed by atoms with Gasteiger partial charge in [0.2, 0.25) is 0 Å². The number of nitrogens with zero attached hydrogens (tertiary/aromatic N) is 1. The van der Waals surface area contributed by atoms with Gasteiger partial charge in [0.1, 0.15) is 6.54 Å². The van der Waals surface area contributed by atoms with Gasteiger partial charge in [0.05, 0.1) is 11.3 Å². The molecule has 0 aliphatic carbocycles. The van der Waals surface area contributed by atoms with E-state index < -0.39 is 24.2 Å². The first kappa shape index (κ1) is 12.3. The summed E-state index contributed by atoms with van der Waals surface area (Å²) in [6, 6.07) is 3.15. The van der Waals surface area contributed by atoms with Gasteiger partial charge in [-0.1, -0.05) is 15.9 Å². The predicted octanol–water partition coefficient (Wildman–Crippen LogP) is 1.83. The first-order valence-electron chi connectivity index (χ1n) is 4.49. The molecule has 1 aliphatic rings. The van der Waals surface area contributed by atoms with Crippen LogP contribution in [0.1, 0.15) is 10.4 Å². The van der Waals surface area contributed by atoms with Gasteiger partial charge in [-0.25, -0.2) is 0 Å². The maximum absolute atomic E-state index is 11.7. The molecule has 0 unspecified atom stereocenters. The molecule has 0 radical (unpaired) electrons. The Labute approximate surface area is 113 Å². The highest BCUT2D eigenvalue weighted by atomic mass is 79.9. The van der Waals surface area contributed by atoms with Gasteiger partial charge in [-0.2, -0.15) is 0 Å². The van der Waals surface area contributed by atoms with Crippen LogP contribution in [-0.4, -0.2) is 29.3 Å². The lowest BCUT2D eigenvalue weighted by Crippen LogP contribution is -2.34. The van der Waals surface area contributed by atoms with E-state index in [4.69, 9.17) is 5.11 Å². The Morgan fingerprint density at radius 2 is 1.94 bits per heavy atom. The Balaban J connectivity index is 2.60. The normalized spacial score (nSPS) is 14.1. The lowest BCUT2D eigenvalue weighted by molar-refractivity contribution is -0.136. The average Bonchev–Trinajstić information content (AvgIpc) is 2.43. The van der Waals surface area contributed by atoms with E-state index in [0.29, 0.717) is 14.6 Å². The molecule has 88 valence electrons. The quantitative estimate of drug-likeness (QED) is 0.814. The summed E-state index contributed by atoms with van der Waals surface area (Å²) in [4.78, 5) is 34.9. The van der Waals surface area contributed by atoms with E-state index in [-0.39, 0.29) is 5.56 Å². The third-order valence-electron chi connectivity index (χ3n) is 2.28. The lowest BCUT2D eigenvalue weighted by Gasteiger charge is -2.15. The van der Waals surface area contributed by atoms with Gasteiger partial charge in [-0.05, 0) is 28.1 Å². The summed E-state index contributed by atoms with van der Waals surface area (Å²) in [7, 11) is 0. The maximum Gasteiger partial charge on any atom is 0.323 e. The fourth-order valence-electron chi connectivity index (χ4n) is 1.64. The van der Waals surface area contributed by atoms with Crippen LogP contribution in [0.2, 0.25) is 0 Å². The largest absolute Gasteiger partial charge is 0.480 e.